The van der Waals surface area contributed by atoms with Crippen molar-refractivity contribution in [2.45, 2.75) is 44.6 Å². The Hall–Kier alpha value is -3.21. The predicted molar refractivity (Wildman–Crippen MR) is 120 cm³/mol. The van der Waals surface area contributed by atoms with Crippen LogP contribution in [0.25, 0.3) is 11.3 Å². The van der Waals surface area contributed by atoms with Crippen LogP contribution in [0.2, 0.25) is 0 Å². The maximum absolute atomic E-state index is 12.4. The van der Waals surface area contributed by atoms with Crippen LogP contribution in [0.4, 0.5) is 5.82 Å². The molecule has 1 fully saturated rings. The summed E-state index contributed by atoms with van der Waals surface area (Å²) in [4.78, 5) is 21.2. The fourth-order valence-corrected chi connectivity index (χ4v) is 3.91. The van der Waals surface area contributed by atoms with Gasteiger partial charge in [-0.15, -0.1) is 0 Å². The summed E-state index contributed by atoms with van der Waals surface area (Å²) in [7, 11) is 0. The summed E-state index contributed by atoms with van der Waals surface area (Å²) in [6.45, 7) is 0.618. The highest BCUT2D eigenvalue weighted by molar-refractivity contribution is 5.94. The van der Waals surface area contributed by atoms with Crippen LogP contribution in [-0.4, -0.2) is 28.5 Å². The van der Waals surface area contributed by atoms with Gasteiger partial charge in [0.2, 0.25) is 0 Å². The van der Waals surface area contributed by atoms with Crippen LogP contribution >= 0.6 is 0 Å². The molecule has 5 nitrogen and oxygen atoms in total. The molecule has 1 saturated carbocycles. The van der Waals surface area contributed by atoms with Gasteiger partial charge >= 0.3 is 0 Å². The Morgan fingerprint density at radius 2 is 1.70 bits per heavy atom. The molecular weight excluding hydrogens is 372 g/mol. The van der Waals surface area contributed by atoms with E-state index in [2.05, 4.69) is 32.7 Å². The minimum absolute atomic E-state index is 0.0557. The summed E-state index contributed by atoms with van der Waals surface area (Å²) in [5, 5.41) is 6.53. The van der Waals surface area contributed by atoms with Crippen molar-refractivity contribution in [1.29, 1.82) is 0 Å². The third-order valence-electron chi connectivity index (χ3n) is 5.61. The second kappa shape index (κ2) is 10.0. The van der Waals surface area contributed by atoms with E-state index in [0.29, 0.717) is 18.2 Å². The normalized spacial score (nSPS) is 14.3. The van der Waals surface area contributed by atoms with Gasteiger partial charge in [0, 0.05) is 29.8 Å². The lowest BCUT2D eigenvalue weighted by molar-refractivity contribution is 0.0954. The third kappa shape index (κ3) is 5.44. The van der Waals surface area contributed by atoms with E-state index in [1.165, 1.54) is 37.7 Å². The number of rotatable bonds is 7. The zero-order valence-electron chi connectivity index (χ0n) is 17.2. The molecule has 154 valence electrons. The Morgan fingerprint density at radius 1 is 0.933 bits per heavy atom. The van der Waals surface area contributed by atoms with Gasteiger partial charge in [-0.2, -0.15) is 0 Å². The minimum Gasteiger partial charge on any atom is -0.367 e. The van der Waals surface area contributed by atoms with Crippen molar-refractivity contribution in [2.75, 3.05) is 11.9 Å². The quantitative estimate of drug-likeness (QED) is 0.594. The van der Waals surface area contributed by atoms with Crippen molar-refractivity contribution in [3.05, 3.63) is 78.1 Å². The Bertz CT molecular complexity index is 950. The number of aromatic nitrogens is 2. The van der Waals surface area contributed by atoms with Crippen molar-refractivity contribution in [2.24, 2.45) is 0 Å². The third-order valence-corrected chi connectivity index (χ3v) is 5.61. The molecule has 0 spiro atoms. The molecule has 30 heavy (non-hydrogen) atoms. The maximum atomic E-state index is 12.4. The molecule has 0 saturated heterocycles. The molecule has 5 heteroatoms. The maximum Gasteiger partial charge on any atom is 0.251 e. The summed E-state index contributed by atoms with van der Waals surface area (Å²) < 4.78 is 0. The molecule has 3 aromatic rings. The fourth-order valence-electron chi connectivity index (χ4n) is 3.91. The smallest absolute Gasteiger partial charge is 0.251 e. The number of hydrogen-bond acceptors (Lipinski definition) is 4. The second-order valence-electron chi connectivity index (χ2n) is 7.84. The van der Waals surface area contributed by atoms with Crippen molar-refractivity contribution >= 4 is 11.7 Å². The van der Waals surface area contributed by atoms with Crippen LogP contribution in [0, 0.1) is 0 Å². The SMILES string of the molecule is O=C(NCCc1ccccc1)c1ccc(-c2cc(NC3CCCCC3)ncn2)cc1. The molecule has 2 aromatic carbocycles. The van der Waals surface area contributed by atoms with Crippen LogP contribution in [0.5, 0.6) is 0 Å². The lowest BCUT2D eigenvalue weighted by Crippen LogP contribution is -2.25. The van der Waals surface area contributed by atoms with Crippen LogP contribution < -0.4 is 10.6 Å². The predicted octanol–water partition coefficient (Wildman–Crippen LogP) is 4.86. The van der Waals surface area contributed by atoms with E-state index in [9.17, 15) is 4.79 Å². The standard InChI is InChI=1S/C25H28N4O/c30-25(26-16-15-19-7-3-1-4-8-19)21-13-11-20(12-14-21)23-17-24(28-18-27-23)29-22-9-5-2-6-10-22/h1,3-4,7-8,11-14,17-18,22H,2,5-6,9-10,15-16H2,(H,26,30)(H,27,28,29). The lowest BCUT2D eigenvalue weighted by atomic mass is 9.95. The van der Waals surface area contributed by atoms with Crippen molar-refractivity contribution in [3.63, 3.8) is 0 Å². The van der Waals surface area contributed by atoms with E-state index in [-0.39, 0.29) is 5.91 Å². The Labute approximate surface area is 178 Å². The second-order valence-corrected chi connectivity index (χ2v) is 7.84. The van der Waals surface area contributed by atoms with E-state index in [0.717, 1.165) is 23.5 Å². The summed E-state index contributed by atoms with van der Waals surface area (Å²) in [6.07, 6.45) is 8.72. The molecule has 0 aliphatic heterocycles. The zero-order chi connectivity index (χ0) is 20.6. The van der Waals surface area contributed by atoms with Crippen molar-refractivity contribution in [1.82, 2.24) is 15.3 Å². The first kappa shape index (κ1) is 20.1. The summed E-state index contributed by atoms with van der Waals surface area (Å²) in [5.41, 5.74) is 3.71. The average Bonchev–Trinajstić information content (AvgIpc) is 2.81. The van der Waals surface area contributed by atoms with Gasteiger partial charge in [0.25, 0.3) is 5.91 Å². The monoisotopic (exact) mass is 400 g/mol. The van der Waals surface area contributed by atoms with E-state index >= 15 is 0 Å². The molecule has 2 N–H and O–H groups in total. The number of nitrogens with one attached hydrogen (secondary N) is 2. The van der Waals surface area contributed by atoms with Gasteiger partial charge in [0.05, 0.1) is 5.69 Å². The molecular formula is C25H28N4O. The Balaban J connectivity index is 1.34. The van der Waals surface area contributed by atoms with Gasteiger partial charge in [-0.05, 0) is 37.0 Å². The van der Waals surface area contributed by atoms with Crippen LogP contribution in [0.3, 0.4) is 0 Å². The molecule has 0 unspecified atom stereocenters. The van der Waals surface area contributed by atoms with E-state index in [1.54, 1.807) is 6.33 Å². The molecule has 0 atom stereocenters. The van der Waals surface area contributed by atoms with Crippen LogP contribution in [0.1, 0.15) is 48.0 Å². The van der Waals surface area contributed by atoms with Crippen molar-refractivity contribution < 1.29 is 4.79 Å². The molecule has 1 amide bonds. The fraction of sp³-hybridized carbons (Fsp3) is 0.320. The topological polar surface area (TPSA) is 66.9 Å². The molecule has 0 bridgehead atoms. The molecule has 1 aromatic heterocycles. The van der Waals surface area contributed by atoms with Crippen LogP contribution in [0.15, 0.2) is 67.0 Å². The molecule has 0 radical (unpaired) electrons. The first-order valence-electron chi connectivity index (χ1n) is 10.8. The number of hydrogen-bond donors (Lipinski definition) is 2. The summed E-state index contributed by atoms with van der Waals surface area (Å²) >= 11 is 0. The van der Waals surface area contributed by atoms with Crippen molar-refractivity contribution in [3.8, 4) is 11.3 Å². The molecule has 1 heterocycles. The van der Waals surface area contributed by atoms with Gasteiger partial charge in [0.15, 0.2) is 0 Å². The highest BCUT2D eigenvalue weighted by Crippen LogP contribution is 2.23. The number of benzene rings is 2. The molecule has 1 aliphatic carbocycles. The highest BCUT2D eigenvalue weighted by atomic mass is 16.1. The minimum atomic E-state index is -0.0557. The largest absolute Gasteiger partial charge is 0.367 e. The lowest BCUT2D eigenvalue weighted by Gasteiger charge is -2.23. The average molecular weight is 401 g/mol. The van der Waals surface area contributed by atoms with Gasteiger partial charge in [0.1, 0.15) is 12.1 Å². The van der Waals surface area contributed by atoms with Gasteiger partial charge in [-0.1, -0.05) is 61.7 Å². The van der Waals surface area contributed by atoms with Crippen LogP contribution in [-0.2, 0) is 6.42 Å². The van der Waals surface area contributed by atoms with E-state index in [1.807, 2.05) is 48.5 Å². The first-order valence-corrected chi connectivity index (χ1v) is 10.8. The number of carbonyl (C=O) groups is 1. The number of carbonyl (C=O) groups excluding carboxylic acids is 1. The van der Waals surface area contributed by atoms with E-state index < -0.39 is 0 Å². The first-order chi connectivity index (χ1) is 14.8. The van der Waals surface area contributed by atoms with Gasteiger partial charge in [-0.25, -0.2) is 9.97 Å². The Kier molecular flexibility index (Phi) is 6.70. The zero-order valence-corrected chi connectivity index (χ0v) is 17.2. The summed E-state index contributed by atoms with van der Waals surface area (Å²) in [5.74, 6) is 0.814. The number of anilines is 1. The van der Waals surface area contributed by atoms with E-state index in [4.69, 9.17) is 0 Å². The highest BCUT2D eigenvalue weighted by Gasteiger charge is 2.14. The molecule has 1 aliphatic rings. The number of nitrogens with zero attached hydrogens (tertiary/aromatic N) is 2. The molecule has 4 rings (SSSR count). The Morgan fingerprint density at radius 3 is 2.47 bits per heavy atom. The number of amides is 1. The summed E-state index contributed by atoms with van der Waals surface area (Å²) in [6, 6.07) is 20.2. The van der Waals surface area contributed by atoms with Gasteiger partial charge in [-0.3, -0.25) is 4.79 Å². The van der Waals surface area contributed by atoms with Gasteiger partial charge < -0.3 is 10.6 Å².